The summed E-state index contributed by atoms with van der Waals surface area (Å²) in [7, 11) is 0. The quantitative estimate of drug-likeness (QED) is 0.539. The molecule has 0 aliphatic carbocycles. The summed E-state index contributed by atoms with van der Waals surface area (Å²) in [6.45, 7) is 7.50. The summed E-state index contributed by atoms with van der Waals surface area (Å²) in [4.78, 5) is 30.7. The van der Waals surface area contributed by atoms with E-state index in [2.05, 4.69) is 29.0 Å². The molecule has 3 aromatic rings. The van der Waals surface area contributed by atoms with E-state index >= 15 is 0 Å². The van der Waals surface area contributed by atoms with E-state index in [-0.39, 0.29) is 23.8 Å². The van der Waals surface area contributed by atoms with Gasteiger partial charge < -0.3 is 15.2 Å². The monoisotopic (exact) mass is 428 g/mol. The highest BCUT2D eigenvalue weighted by Gasteiger charge is 2.11. The van der Waals surface area contributed by atoms with Crippen LogP contribution in [0.15, 0.2) is 47.3 Å². The number of rotatable bonds is 8. The highest BCUT2D eigenvalue weighted by atomic mass is 32.1. The van der Waals surface area contributed by atoms with Crippen molar-refractivity contribution in [3.63, 3.8) is 0 Å². The number of H-pyrrole nitrogens is 1. The summed E-state index contributed by atoms with van der Waals surface area (Å²) >= 11 is 5.38. The number of aromatic amines is 1. The fraction of sp³-hybridized carbons (Fsp3) is 0.318. The van der Waals surface area contributed by atoms with E-state index in [1.165, 1.54) is 12.1 Å². The SMILES string of the molecule is CCN(CC)CCn1c(=S)[nH]c2cc(C(=O)NCc3ccc(F)cc3)ccc2c1=O. The van der Waals surface area contributed by atoms with Crippen LogP contribution in [0.3, 0.4) is 0 Å². The van der Waals surface area contributed by atoms with Crippen molar-refractivity contribution in [1.29, 1.82) is 0 Å². The summed E-state index contributed by atoms with van der Waals surface area (Å²) in [5, 5.41) is 3.28. The molecule has 2 aromatic carbocycles. The van der Waals surface area contributed by atoms with Gasteiger partial charge in [0, 0.05) is 25.2 Å². The number of nitrogens with zero attached hydrogens (tertiary/aromatic N) is 2. The number of carbonyl (C=O) groups excluding carboxylic acids is 1. The van der Waals surface area contributed by atoms with Crippen molar-refractivity contribution in [2.75, 3.05) is 19.6 Å². The zero-order valence-corrected chi connectivity index (χ0v) is 17.9. The Morgan fingerprint density at radius 1 is 1.17 bits per heavy atom. The fourth-order valence-electron chi connectivity index (χ4n) is 3.27. The minimum absolute atomic E-state index is 0.167. The van der Waals surface area contributed by atoms with Gasteiger partial charge in [0.15, 0.2) is 4.77 Å². The van der Waals surface area contributed by atoms with Gasteiger partial charge in [-0.2, -0.15) is 0 Å². The molecule has 6 nitrogen and oxygen atoms in total. The Morgan fingerprint density at radius 3 is 2.53 bits per heavy atom. The summed E-state index contributed by atoms with van der Waals surface area (Å²) in [6.07, 6.45) is 0. The van der Waals surface area contributed by atoms with Crippen molar-refractivity contribution in [2.24, 2.45) is 0 Å². The predicted molar refractivity (Wildman–Crippen MR) is 119 cm³/mol. The van der Waals surface area contributed by atoms with E-state index in [0.717, 1.165) is 25.2 Å². The first-order chi connectivity index (χ1) is 14.4. The van der Waals surface area contributed by atoms with E-state index < -0.39 is 0 Å². The molecule has 0 aliphatic heterocycles. The van der Waals surface area contributed by atoms with Crippen LogP contribution in [0.4, 0.5) is 4.39 Å². The van der Waals surface area contributed by atoms with Gasteiger partial charge in [0.2, 0.25) is 0 Å². The van der Waals surface area contributed by atoms with Gasteiger partial charge in [-0.05, 0) is 61.2 Å². The van der Waals surface area contributed by atoms with E-state index in [4.69, 9.17) is 12.2 Å². The van der Waals surface area contributed by atoms with Crippen LogP contribution in [-0.2, 0) is 13.1 Å². The summed E-state index contributed by atoms with van der Waals surface area (Å²) in [6, 6.07) is 10.8. The maximum absolute atomic E-state index is 13.0. The molecule has 0 radical (unpaired) electrons. The zero-order valence-electron chi connectivity index (χ0n) is 17.1. The molecule has 0 bridgehead atoms. The molecule has 8 heteroatoms. The average molecular weight is 429 g/mol. The van der Waals surface area contributed by atoms with Crippen LogP contribution < -0.4 is 10.9 Å². The first-order valence-corrected chi connectivity index (χ1v) is 10.4. The standard InChI is InChI=1S/C22H25FN4O2S/c1-3-26(4-2)11-12-27-21(29)18-10-7-16(13-19(18)25-22(27)30)20(28)24-14-15-5-8-17(23)9-6-15/h5-10,13H,3-4,11-12,14H2,1-2H3,(H,24,28)(H,25,30). The number of fused-ring (bicyclic) bond motifs is 1. The molecule has 0 spiro atoms. The lowest BCUT2D eigenvalue weighted by Gasteiger charge is -2.18. The third kappa shape index (κ3) is 5.01. The minimum atomic E-state index is -0.322. The van der Waals surface area contributed by atoms with Crippen molar-refractivity contribution in [3.05, 3.63) is 74.5 Å². The van der Waals surface area contributed by atoms with Gasteiger partial charge in [-0.25, -0.2) is 4.39 Å². The second-order valence-electron chi connectivity index (χ2n) is 6.98. The molecule has 3 rings (SSSR count). The molecule has 1 amide bonds. The molecule has 0 saturated carbocycles. The van der Waals surface area contributed by atoms with Gasteiger partial charge in [-0.1, -0.05) is 26.0 Å². The van der Waals surface area contributed by atoms with Gasteiger partial charge >= 0.3 is 0 Å². The van der Waals surface area contributed by atoms with Crippen LogP contribution in [0.1, 0.15) is 29.8 Å². The first kappa shape index (κ1) is 21.9. The third-order valence-corrected chi connectivity index (χ3v) is 5.47. The maximum Gasteiger partial charge on any atom is 0.262 e. The van der Waals surface area contributed by atoms with Gasteiger partial charge in [-0.3, -0.25) is 14.2 Å². The highest BCUT2D eigenvalue weighted by Crippen LogP contribution is 2.12. The van der Waals surface area contributed by atoms with Crippen LogP contribution in [0.25, 0.3) is 10.9 Å². The third-order valence-electron chi connectivity index (χ3n) is 5.14. The summed E-state index contributed by atoms with van der Waals surface area (Å²) in [5.74, 6) is -0.608. The molecule has 1 heterocycles. The minimum Gasteiger partial charge on any atom is -0.348 e. The highest BCUT2D eigenvalue weighted by molar-refractivity contribution is 7.71. The lowest BCUT2D eigenvalue weighted by atomic mass is 10.1. The molecule has 0 fully saturated rings. The smallest absolute Gasteiger partial charge is 0.262 e. The molecular weight excluding hydrogens is 403 g/mol. The average Bonchev–Trinajstić information content (AvgIpc) is 2.75. The van der Waals surface area contributed by atoms with Crippen molar-refractivity contribution in [2.45, 2.75) is 26.9 Å². The number of carbonyl (C=O) groups is 1. The lowest BCUT2D eigenvalue weighted by Crippen LogP contribution is -2.31. The van der Waals surface area contributed by atoms with Crippen LogP contribution in [0.5, 0.6) is 0 Å². The Labute approximate surface area is 179 Å². The molecule has 158 valence electrons. The van der Waals surface area contributed by atoms with E-state index in [1.54, 1.807) is 34.9 Å². The second-order valence-corrected chi connectivity index (χ2v) is 7.37. The Morgan fingerprint density at radius 2 is 1.87 bits per heavy atom. The number of halogens is 1. The Kier molecular flexibility index (Phi) is 7.12. The predicted octanol–water partition coefficient (Wildman–Crippen LogP) is 3.47. The number of benzene rings is 2. The van der Waals surface area contributed by atoms with E-state index in [9.17, 15) is 14.0 Å². The Balaban J connectivity index is 1.79. The van der Waals surface area contributed by atoms with Crippen molar-refractivity contribution in [3.8, 4) is 0 Å². The first-order valence-electron chi connectivity index (χ1n) is 9.94. The number of amides is 1. The largest absolute Gasteiger partial charge is 0.348 e. The Hall–Kier alpha value is -2.84. The number of likely N-dealkylation sites (N-methyl/N-ethyl adjacent to an activating group) is 1. The van der Waals surface area contributed by atoms with Gasteiger partial charge in [0.1, 0.15) is 5.82 Å². The van der Waals surface area contributed by atoms with Gasteiger partial charge in [0.05, 0.1) is 10.9 Å². The van der Waals surface area contributed by atoms with Gasteiger partial charge in [-0.15, -0.1) is 0 Å². The second kappa shape index (κ2) is 9.77. The number of hydrogen-bond donors (Lipinski definition) is 2. The Bertz CT molecular complexity index is 1150. The van der Waals surface area contributed by atoms with Crippen LogP contribution >= 0.6 is 12.2 Å². The van der Waals surface area contributed by atoms with E-state index in [0.29, 0.717) is 27.8 Å². The van der Waals surface area contributed by atoms with Crippen molar-refractivity contribution < 1.29 is 9.18 Å². The molecule has 0 aliphatic rings. The number of aromatic nitrogens is 2. The number of nitrogens with one attached hydrogen (secondary N) is 2. The maximum atomic E-state index is 13.0. The molecule has 1 aromatic heterocycles. The molecule has 2 N–H and O–H groups in total. The molecule has 0 atom stereocenters. The van der Waals surface area contributed by atoms with Crippen molar-refractivity contribution >= 4 is 29.0 Å². The molecule has 30 heavy (non-hydrogen) atoms. The molecule has 0 saturated heterocycles. The normalized spacial score (nSPS) is 11.2. The van der Waals surface area contributed by atoms with Crippen LogP contribution in [-0.4, -0.2) is 40.0 Å². The summed E-state index contributed by atoms with van der Waals surface area (Å²) in [5.41, 5.74) is 1.56. The van der Waals surface area contributed by atoms with Crippen LogP contribution in [0.2, 0.25) is 0 Å². The molecular formula is C22H25FN4O2S. The van der Waals surface area contributed by atoms with Crippen LogP contribution in [0, 0.1) is 10.6 Å². The number of hydrogen-bond acceptors (Lipinski definition) is 4. The zero-order chi connectivity index (χ0) is 21.7. The van der Waals surface area contributed by atoms with E-state index in [1.807, 2.05) is 0 Å². The summed E-state index contributed by atoms with van der Waals surface area (Å²) < 4.78 is 14.9. The lowest BCUT2D eigenvalue weighted by molar-refractivity contribution is 0.0951. The van der Waals surface area contributed by atoms with Gasteiger partial charge in [0.25, 0.3) is 11.5 Å². The topological polar surface area (TPSA) is 70.1 Å². The fourth-order valence-corrected chi connectivity index (χ4v) is 3.55. The molecule has 0 unspecified atom stereocenters. The van der Waals surface area contributed by atoms with Crippen molar-refractivity contribution in [1.82, 2.24) is 19.8 Å².